The van der Waals surface area contributed by atoms with Crippen molar-refractivity contribution in [3.8, 4) is 0 Å². The Balaban J connectivity index is 1.46. The molecule has 1 aromatic heterocycles. The number of piperazine rings is 1. The molecule has 0 aliphatic carbocycles. The van der Waals surface area contributed by atoms with Crippen molar-refractivity contribution in [2.75, 3.05) is 50.7 Å². The first kappa shape index (κ1) is 15.3. The number of rotatable bonds is 3. The summed E-state index contributed by atoms with van der Waals surface area (Å²) in [7, 11) is 0. The average Bonchev–Trinajstić information content (AvgIpc) is 2.56. The van der Waals surface area contributed by atoms with Crippen molar-refractivity contribution in [2.45, 2.75) is 19.8 Å². The maximum Gasteiger partial charge on any atom is 0.236 e. The Morgan fingerprint density at radius 2 is 2.05 bits per heavy atom. The molecule has 0 bridgehead atoms. The third-order valence-electron chi connectivity index (χ3n) is 4.71. The summed E-state index contributed by atoms with van der Waals surface area (Å²) in [6.45, 7) is 8.45. The monoisotopic (exact) mass is 302 g/mol. The third kappa shape index (κ3) is 3.77. The molecule has 5 nitrogen and oxygen atoms in total. The molecule has 1 unspecified atom stereocenters. The fourth-order valence-electron chi connectivity index (χ4n) is 3.38. The van der Waals surface area contributed by atoms with E-state index < -0.39 is 0 Å². The second-order valence-corrected chi connectivity index (χ2v) is 6.54. The van der Waals surface area contributed by atoms with Crippen LogP contribution in [0, 0.1) is 5.92 Å². The lowest BCUT2D eigenvalue weighted by Gasteiger charge is -2.37. The molecule has 3 heterocycles. The summed E-state index contributed by atoms with van der Waals surface area (Å²) < 4.78 is 0. The first-order chi connectivity index (χ1) is 10.7. The van der Waals surface area contributed by atoms with Gasteiger partial charge in [0.25, 0.3) is 0 Å². The molecule has 0 aromatic carbocycles. The summed E-state index contributed by atoms with van der Waals surface area (Å²) >= 11 is 0. The van der Waals surface area contributed by atoms with Crippen LogP contribution in [0.4, 0.5) is 5.82 Å². The van der Waals surface area contributed by atoms with Gasteiger partial charge < -0.3 is 9.80 Å². The lowest BCUT2D eigenvalue weighted by Crippen LogP contribution is -2.51. The van der Waals surface area contributed by atoms with E-state index in [1.807, 2.05) is 18.3 Å². The van der Waals surface area contributed by atoms with Gasteiger partial charge in [0, 0.05) is 45.5 Å². The van der Waals surface area contributed by atoms with Crippen LogP contribution in [0.5, 0.6) is 0 Å². The summed E-state index contributed by atoms with van der Waals surface area (Å²) in [5.41, 5.74) is 0. The summed E-state index contributed by atoms with van der Waals surface area (Å²) in [5, 5.41) is 0. The molecule has 120 valence electrons. The van der Waals surface area contributed by atoms with Crippen LogP contribution in [0.25, 0.3) is 0 Å². The first-order valence-corrected chi connectivity index (χ1v) is 8.38. The summed E-state index contributed by atoms with van der Waals surface area (Å²) in [6.07, 6.45) is 4.25. The maximum absolute atomic E-state index is 12.4. The van der Waals surface area contributed by atoms with Gasteiger partial charge in [-0.2, -0.15) is 0 Å². The van der Waals surface area contributed by atoms with Gasteiger partial charge in [0.1, 0.15) is 5.82 Å². The molecule has 2 saturated heterocycles. The number of carbonyl (C=O) groups excluding carboxylic acids is 1. The fraction of sp³-hybridized carbons (Fsp3) is 0.647. The number of piperidine rings is 1. The lowest BCUT2D eigenvalue weighted by atomic mass is 10.0. The SMILES string of the molecule is CC1CCCN(C(=O)CN2CCN(c3ccccn3)CC2)C1. The van der Waals surface area contributed by atoms with Crippen molar-refractivity contribution < 1.29 is 4.79 Å². The van der Waals surface area contributed by atoms with Gasteiger partial charge in [0.15, 0.2) is 0 Å². The molecular weight excluding hydrogens is 276 g/mol. The van der Waals surface area contributed by atoms with Crippen molar-refractivity contribution in [2.24, 2.45) is 5.92 Å². The van der Waals surface area contributed by atoms with E-state index in [-0.39, 0.29) is 0 Å². The number of likely N-dealkylation sites (tertiary alicyclic amines) is 1. The molecule has 3 rings (SSSR count). The predicted molar refractivity (Wildman–Crippen MR) is 87.9 cm³/mol. The number of amides is 1. The Kier molecular flexibility index (Phi) is 4.93. The van der Waals surface area contributed by atoms with Crippen LogP contribution in [-0.4, -0.2) is 66.5 Å². The first-order valence-electron chi connectivity index (χ1n) is 8.38. The van der Waals surface area contributed by atoms with Gasteiger partial charge in [0.05, 0.1) is 6.54 Å². The lowest BCUT2D eigenvalue weighted by molar-refractivity contribution is -0.134. The molecule has 0 radical (unpaired) electrons. The maximum atomic E-state index is 12.4. The van der Waals surface area contributed by atoms with Gasteiger partial charge in [-0.05, 0) is 30.9 Å². The van der Waals surface area contributed by atoms with E-state index in [0.717, 1.165) is 51.5 Å². The normalized spacial score (nSPS) is 23.6. The highest BCUT2D eigenvalue weighted by Crippen LogP contribution is 2.16. The average molecular weight is 302 g/mol. The predicted octanol–water partition coefficient (Wildman–Crippen LogP) is 1.46. The minimum atomic E-state index is 0.304. The second-order valence-electron chi connectivity index (χ2n) is 6.54. The standard InChI is InChI=1S/C17H26N4O/c1-15-5-4-8-21(13-15)17(22)14-19-9-11-20(12-10-19)16-6-2-3-7-18-16/h2-3,6-7,15H,4-5,8-14H2,1H3. The van der Waals surface area contributed by atoms with Crippen molar-refractivity contribution in [3.63, 3.8) is 0 Å². The van der Waals surface area contributed by atoms with Crippen molar-refractivity contribution >= 4 is 11.7 Å². The number of aromatic nitrogens is 1. The molecule has 2 aliphatic heterocycles. The Bertz CT molecular complexity index is 485. The van der Waals surface area contributed by atoms with Crippen LogP contribution in [0.2, 0.25) is 0 Å². The molecule has 22 heavy (non-hydrogen) atoms. The Morgan fingerprint density at radius 1 is 1.23 bits per heavy atom. The van der Waals surface area contributed by atoms with E-state index >= 15 is 0 Å². The van der Waals surface area contributed by atoms with E-state index in [1.54, 1.807) is 0 Å². The van der Waals surface area contributed by atoms with Gasteiger partial charge >= 0.3 is 0 Å². The highest BCUT2D eigenvalue weighted by Gasteiger charge is 2.24. The van der Waals surface area contributed by atoms with Gasteiger partial charge in [-0.3, -0.25) is 9.69 Å². The van der Waals surface area contributed by atoms with E-state index in [9.17, 15) is 4.79 Å². The summed E-state index contributed by atoms with van der Waals surface area (Å²) in [4.78, 5) is 23.5. The highest BCUT2D eigenvalue weighted by molar-refractivity contribution is 5.78. The summed E-state index contributed by atoms with van der Waals surface area (Å²) in [5.74, 6) is 2.00. The second kappa shape index (κ2) is 7.09. The topological polar surface area (TPSA) is 39.7 Å². The zero-order valence-electron chi connectivity index (χ0n) is 13.4. The molecule has 0 saturated carbocycles. The van der Waals surface area contributed by atoms with Gasteiger partial charge in [-0.25, -0.2) is 4.98 Å². The number of anilines is 1. The van der Waals surface area contributed by atoms with Gasteiger partial charge in [-0.15, -0.1) is 0 Å². The zero-order valence-corrected chi connectivity index (χ0v) is 13.4. The fourth-order valence-corrected chi connectivity index (χ4v) is 3.38. The van der Waals surface area contributed by atoms with E-state index in [2.05, 4.69) is 32.7 Å². The Labute approximate surface area is 132 Å². The van der Waals surface area contributed by atoms with Crippen molar-refractivity contribution in [1.82, 2.24) is 14.8 Å². The third-order valence-corrected chi connectivity index (χ3v) is 4.71. The van der Waals surface area contributed by atoms with Crippen LogP contribution in [0.1, 0.15) is 19.8 Å². The van der Waals surface area contributed by atoms with Crippen LogP contribution in [0.3, 0.4) is 0 Å². The van der Waals surface area contributed by atoms with Crippen molar-refractivity contribution in [1.29, 1.82) is 0 Å². The largest absolute Gasteiger partial charge is 0.354 e. The molecule has 0 N–H and O–H groups in total. The zero-order chi connectivity index (χ0) is 15.4. The summed E-state index contributed by atoms with van der Waals surface area (Å²) in [6, 6.07) is 6.02. The molecule has 1 atom stereocenters. The molecular formula is C17H26N4O. The molecule has 2 fully saturated rings. The van der Waals surface area contributed by atoms with Crippen LogP contribution >= 0.6 is 0 Å². The number of hydrogen-bond acceptors (Lipinski definition) is 4. The molecule has 1 amide bonds. The Morgan fingerprint density at radius 3 is 2.73 bits per heavy atom. The van der Waals surface area contributed by atoms with E-state index in [4.69, 9.17) is 0 Å². The van der Waals surface area contributed by atoms with Crippen LogP contribution in [-0.2, 0) is 4.79 Å². The molecule has 0 spiro atoms. The quantitative estimate of drug-likeness (QED) is 0.847. The number of nitrogens with zero attached hydrogens (tertiary/aromatic N) is 4. The van der Waals surface area contributed by atoms with Crippen LogP contribution < -0.4 is 4.90 Å². The van der Waals surface area contributed by atoms with Gasteiger partial charge in [-0.1, -0.05) is 13.0 Å². The van der Waals surface area contributed by atoms with Gasteiger partial charge in [0.2, 0.25) is 5.91 Å². The minimum absolute atomic E-state index is 0.304. The van der Waals surface area contributed by atoms with E-state index in [1.165, 1.54) is 6.42 Å². The number of pyridine rings is 1. The van der Waals surface area contributed by atoms with Crippen LogP contribution in [0.15, 0.2) is 24.4 Å². The number of hydrogen-bond donors (Lipinski definition) is 0. The molecule has 1 aromatic rings. The molecule has 5 heteroatoms. The van der Waals surface area contributed by atoms with E-state index in [0.29, 0.717) is 18.4 Å². The highest BCUT2D eigenvalue weighted by atomic mass is 16.2. The smallest absolute Gasteiger partial charge is 0.236 e. The molecule has 2 aliphatic rings. The minimum Gasteiger partial charge on any atom is -0.354 e. The van der Waals surface area contributed by atoms with Crippen molar-refractivity contribution in [3.05, 3.63) is 24.4 Å². The Hall–Kier alpha value is -1.62. The number of carbonyl (C=O) groups is 1.